The Bertz CT molecular complexity index is 484. The van der Waals surface area contributed by atoms with E-state index in [1.54, 1.807) is 13.0 Å². The summed E-state index contributed by atoms with van der Waals surface area (Å²) in [6.45, 7) is 1.61. The first kappa shape index (κ1) is 13.8. The molecule has 0 amide bonds. The van der Waals surface area contributed by atoms with Crippen LogP contribution in [0.2, 0.25) is 0 Å². The summed E-state index contributed by atoms with van der Waals surface area (Å²) in [6.07, 6.45) is 0.161. The Morgan fingerprint density at radius 1 is 1.24 bits per heavy atom. The highest BCUT2D eigenvalue weighted by atomic mass is 32.3. The van der Waals surface area contributed by atoms with Gasteiger partial charge >= 0.3 is 10.2 Å². The van der Waals surface area contributed by atoms with Crippen molar-refractivity contribution in [2.24, 2.45) is 0 Å². The smallest absolute Gasteiger partial charge is 0.309 e. The molecule has 6 heteroatoms. The molecule has 0 aromatic heterocycles. The lowest BCUT2D eigenvalue weighted by Gasteiger charge is -2.13. The van der Waals surface area contributed by atoms with Gasteiger partial charge in [0.2, 0.25) is 0 Å². The minimum Gasteiger partial charge on any atom is -0.493 e. The molecule has 1 atom stereocenters. The average Bonchev–Trinajstić information content (AvgIpc) is 2.27. The minimum absolute atomic E-state index is 0.161. The van der Waals surface area contributed by atoms with Gasteiger partial charge in [-0.25, -0.2) is 0 Å². The monoisotopic (exact) mass is 262 g/mol. The Morgan fingerprint density at radius 2 is 1.82 bits per heavy atom. The normalized spacial score (nSPS) is 13.2. The average molecular weight is 262 g/mol. The Morgan fingerprint density at radius 3 is 2.24 bits per heavy atom. The molecule has 1 unspecified atom stereocenters. The third-order valence-electron chi connectivity index (χ3n) is 2.49. The van der Waals surface area contributed by atoms with Gasteiger partial charge in [0.25, 0.3) is 0 Å². The molecule has 0 spiro atoms. The van der Waals surface area contributed by atoms with Gasteiger partial charge in [0, 0.05) is 0 Å². The molecule has 0 saturated heterocycles. The number of methoxy groups -OCH3 is 2. The van der Waals surface area contributed by atoms with E-state index >= 15 is 0 Å². The highest BCUT2D eigenvalue weighted by molar-refractivity contribution is 7.86. The highest BCUT2D eigenvalue weighted by Gasteiger charge is 2.25. The maximum Gasteiger partial charge on any atom is 0.309 e. The Hall–Kier alpha value is -1.30. The topological polar surface area (TPSA) is 52.6 Å². The molecule has 0 aliphatic rings. The zero-order chi connectivity index (χ0) is 13.1. The first-order valence-corrected chi connectivity index (χ1v) is 6.54. The zero-order valence-corrected chi connectivity index (χ0v) is 10.8. The molecule has 0 N–H and O–H groups in total. The number of halogens is 1. The molecule has 0 aliphatic carbocycles. The molecule has 96 valence electrons. The summed E-state index contributed by atoms with van der Waals surface area (Å²) in [6, 6.07) is 4.55. The van der Waals surface area contributed by atoms with Crippen molar-refractivity contribution in [1.29, 1.82) is 0 Å². The first-order valence-electron chi connectivity index (χ1n) is 5.09. The summed E-state index contributed by atoms with van der Waals surface area (Å²) in [5.41, 5.74) is 0.354. The molecule has 1 rings (SSSR count). The van der Waals surface area contributed by atoms with E-state index in [9.17, 15) is 12.3 Å². The van der Waals surface area contributed by atoms with Crippen LogP contribution < -0.4 is 9.47 Å². The van der Waals surface area contributed by atoms with Crippen molar-refractivity contribution in [3.05, 3.63) is 23.8 Å². The molecule has 1 aromatic carbocycles. The number of ether oxygens (including phenoxy) is 2. The van der Waals surface area contributed by atoms with Crippen molar-refractivity contribution in [2.75, 3.05) is 14.2 Å². The third-order valence-corrected chi connectivity index (χ3v) is 3.78. The molecule has 1 aromatic rings. The minimum atomic E-state index is -4.61. The van der Waals surface area contributed by atoms with Crippen LogP contribution in [0.3, 0.4) is 0 Å². The number of benzene rings is 1. The maximum atomic E-state index is 13.1. The van der Waals surface area contributed by atoms with Crippen LogP contribution in [0.5, 0.6) is 11.5 Å². The lowest BCUT2D eigenvalue weighted by Crippen LogP contribution is -2.07. The van der Waals surface area contributed by atoms with Gasteiger partial charge in [-0.05, 0) is 24.1 Å². The van der Waals surface area contributed by atoms with E-state index in [1.165, 1.54) is 26.4 Å². The van der Waals surface area contributed by atoms with Crippen molar-refractivity contribution >= 4 is 10.2 Å². The molecule has 17 heavy (non-hydrogen) atoms. The lowest BCUT2D eigenvalue weighted by atomic mass is 10.1. The van der Waals surface area contributed by atoms with Crippen LogP contribution in [-0.2, 0) is 10.2 Å². The van der Waals surface area contributed by atoms with Crippen LogP contribution in [0.25, 0.3) is 0 Å². The standard InChI is InChI=1S/C11H15FO4S/c1-4-11(17(12,13)14)8-5-6-9(15-2)10(7-8)16-3/h5-7,11H,4H2,1-3H3. The summed E-state index contributed by atoms with van der Waals surface area (Å²) in [7, 11) is -1.70. The van der Waals surface area contributed by atoms with Gasteiger partial charge in [0.15, 0.2) is 11.5 Å². The third kappa shape index (κ3) is 3.09. The van der Waals surface area contributed by atoms with Gasteiger partial charge in [-0.15, -0.1) is 3.89 Å². The molecule has 0 bridgehead atoms. The van der Waals surface area contributed by atoms with E-state index in [1.807, 2.05) is 0 Å². The molecule has 0 heterocycles. The van der Waals surface area contributed by atoms with E-state index in [4.69, 9.17) is 9.47 Å². The summed E-state index contributed by atoms with van der Waals surface area (Å²) in [5.74, 6) is 0.856. The Balaban J connectivity index is 3.23. The van der Waals surface area contributed by atoms with Crippen molar-refractivity contribution in [2.45, 2.75) is 18.6 Å². The van der Waals surface area contributed by atoms with Crippen LogP contribution in [0.15, 0.2) is 18.2 Å². The van der Waals surface area contributed by atoms with Gasteiger partial charge < -0.3 is 9.47 Å². The predicted molar refractivity (Wildman–Crippen MR) is 62.6 cm³/mol. The predicted octanol–water partition coefficient (Wildman–Crippen LogP) is 2.45. The van der Waals surface area contributed by atoms with Gasteiger partial charge in [-0.1, -0.05) is 13.0 Å². The number of hydrogen-bond donors (Lipinski definition) is 0. The van der Waals surface area contributed by atoms with Gasteiger partial charge in [0.1, 0.15) is 5.25 Å². The van der Waals surface area contributed by atoms with Gasteiger partial charge in [-0.3, -0.25) is 0 Å². The van der Waals surface area contributed by atoms with E-state index in [-0.39, 0.29) is 6.42 Å². The van der Waals surface area contributed by atoms with Crippen molar-refractivity contribution in [1.82, 2.24) is 0 Å². The van der Waals surface area contributed by atoms with Gasteiger partial charge in [0.05, 0.1) is 14.2 Å². The Kier molecular flexibility index (Phi) is 4.34. The zero-order valence-electron chi connectivity index (χ0n) is 9.94. The van der Waals surface area contributed by atoms with Crippen molar-refractivity contribution in [3.8, 4) is 11.5 Å². The molecule has 0 aliphatic heterocycles. The molecular formula is C11H15FO4S. The van der Waals surface area contributed by atoms with E-state index in [0.717, 1.165) is 0 Å². The molecular weight excluding hydrogens is 247 g/mol. The lowest BCUT2D eigenvalue weighted by molar-refractivity contribution is 0.354. The first-order chi connectivity index (χ1) is 7.93. The fourth-order valence-electron chi connectivity index (χ4n) is 1.65. The molecule has 0 fully saturated rings. The largest absolute Gasteiger partial charge is 0.493 e. The second-order valence-corrected chi connectivity index (χ2v) is 5.01. The molecule has 0 saturated carbocycles. The maximum absolute atomic E-state index is 13.1. The van der Waals surface area contributed by atoms with Crippen LogP contribution in [-0.4, -0.2) is 22.6 Å². The van der Waals surface area contributed by atoms with Crippen LogP contribution in [0, 0.1) is 0 Å². The SMILES string of the molecule is CCC(c1ccc(OC)c(OC)c1)S(=O)(=O)F. The summed E-state index contributed by atoms with van der Waals surface area (Å²) in [4.78, 5) is 0. The summed E-state index contributed by atoms with van der Waals surface area (Å²) < 4.78 is 45.1. The van der Waals surface area contributed by atoms with Crippen LogP contribution >= 0.6 is 0 Å². The second-order valence-electron chi connectivity index (χ2n) is 3.49. The van der Waals surface area contributed by atoms with E-state index in [0.29, 0.717) is 17.1 Å². The fraction of sp³-hybridized carbons (Fsp3) is 0.455. The number of rotatable bonds is 5. The highest BCUT2D eigenvalue weighted by Crippen LogP contribution is 2.34. The molecule has 4 nitrogen and oxygen atoms in total. The van der Waals surface area contributed by atoms with Crippen LogP contribution in [0.1, 0.15) is 24.2 Å². The second kappa shape index (κ2) is 5.35. The summed E-state index contributed by atoms with van der Waals surface area (Å²) >= 11 is 0. The number of hydrogen-bond acceptors (Lipinski definition) is 4. The van der Waals surface area contributed by atoms with Crippen LogP contribution in [0.4, 0.5) is 3.89 Å². The van der Waals surface area contributed by atoms with Crippen molar-refractivity contribution < 1.29 is 21.8 Å². The van der Waals surface area contributed by atoms with E-state index in [2.05, 4.69) is 0 Å². The quantitative estimate of drug-likeness (QED) is 0.765. The van der Waals surface area contributed by atoms with E-state index < -0.39 is 15.5 Å². The van der Waals surface area contributed by atoms with Crippen molar-refractivity contribution in [3.63, 3.8) is 0 Å². The fourth-order valence-corrected chi connectivity index (χ4v) is 2.52. The molecule has 0 radical (unpaired) electrons. The Labute approximate surface area is 101 Å². The van der Waals surface area contributed by atoms with Gasteiger partial charge in [-0.2, -0.15) is 8.42 Å². The summed E-state index contributed by atoms with van der Waals surface area (Å²) in [5, 5.41) is -1.16.